The Morgan fingerprint density at radius 1 is 1.22 bits per heavy atom. The topological polar surface area (TPSA) is 105 Å². The fraction of sp³-hybridized carbons (Fsp3) is 0. The first-order valence-corrected chi connectivity index (χ1v) is 5.08. The Morgan fingerprint density at radius 3 is 2.83 bits per heavy atom. The molecule has 2 heterocycles. The third-order valence-electron chi connectivity index (χ3n) is 2.38. The highest BCUT2D eigenvalue weighted by atomic mass is 15.6. The largest absolute Gasteiger partial charge is 0.200 e. The molecule has 0 N–H and O–H groups in total. The van der Waals surface area contributed by atoms with E-state index < -0.39 is 0 Å². The highest BCUT2D eigenvalue weighted by Crippen LogP contribution is 2.28. The lowest BCUT2D eigenvalue weighted by Crippen LogP contribution is -1.97. The molecule has 0 aliphatic heterocycles. The van der Waals surface area contributed by atoms with Crippen molar-refractivity contribution < 1.29 is 0 Å². The fourth-order valence-corrected chi connectivity index (χ4v) is 1.61. The smallest absolute Gasteiger partial charge is 0.146 e. The van der Waals surface area contributed by atoms with Crippen molar-refractivity contribution in [2.75, 3.05) is 0 Å². The molecule has 0 fully saturated rings. The molecule has 0 atom stereocenters. The zero-order valence-electron chi connectivity index (χ0n) is 9.04. The average Bonchev–Trinajstić information content (AvgIpc) is 2.86. The Kier molecular flexibility index (Phi) is 2.33. The zero-order chi connectivity index (χ0) is 12.4. The van der Waals surface area contributed by atoms with Crippen LogP contribution >= 0.6 is 0 Å². The van der Waals surface area contributed by atoms with Gasteiger partial charge >= 0.3 is 0 Å². The maximum absolute atomic E-state index is 8.59. The molecule has 0 aliphatic carbocycles. The molecule has 0 unspecified atom stereocenters. The van der Waals surface area contributed by atoms with Crippen LogP contribution < -0.4 is 0 Å². The molecule has 3 rings (SSSR count). The van der Waals surface area contributed by atoms with Crippen LogP contribution in [-0.2, 0) is 0 Å². The van der Waals surface area contributed by atoms with E-state index in [4.69, 9.17) is 5.53 Å². The van der Waals surface area contributed by atoms with Crippen LogP contribution in [0.25, 0.3) is 27.3 Å². The summed E-state index contributed by atoms with van der Waals surface area (Å²) >= 11 is 0. The Labute approximate surface area is 100 Å². The summed E-state index contributed by atoms with van der Waals surface area (Å²) in [7, 11) is 0. The van der Waals surface area contributed by atoms with Crippen LogP contribution in [0.4, 0.5) is 5.69 Å². The van der Waals surface area contributed by atoms with Crippen LogP contribution in [0.1, 0.15) is 0 Å². The first-order chi connectivity index (χ1) is 8.88. The molecule has 0 aliphatic rings. The third-order valence-corrected chi connectivity index (χ3v) is 2.38. The van der Waals surface area contributed by atoms with E-state index >= 15 is 0 Å². The lowest BCUT2D eigenvalue weighted by atomic mass is 10.1. The van der Waals surface area contributed by atoms with Crippen LogP contribution in [0.5, 0.6) is 0 Å². The van der Waals surface area contributed by atoms with Crippen molar-refractivity contribution >= 4 is 11.3 Å². The van der Waals surface area contributed by atoms with E-state index in [1.807, 2.05) is 30.3 Å². The summed E-state index contributed by atoms with van der Waals surface area (Å²) in [6, 6.07) is 11.0. The Bertz CT molecular complexity index is 741. The van der Waals surface area contributed by atoms with Crippen molar-refractivity contribution in [2.24, 2.45) is 5.11 Å². The summed E-state index contributed by atoms with van der Waals surface area (Å²) in [4.78, 5) is 2.79. The molecule has 8 nitrogen and oxygen atoms in total. The molecule has 0 spiro atoms. The fourth-order valence-electron chi connectivity index (χ4n) is 1.61. The third kappa shape index (κ3) is 1.62. The number of tetrazole rings is 1. The van der Waals surface area contributed by atoms with Gasteiger partial charge in [-0.3, -0.25) is 0 Å². The lowest BCUT2D eigenvalue weighted by molar-refractivity contribution is 0.736. The van der Waals surface area contributed by atoms with Gasteiger partial charge in [0.1, 0.15) is 5.69 Å². The van der Waals surface area contributed by atoms with Gasteiger partial charge in [-0.05, 0) is 22.0 Å². The molecule has 0 saturated heterocycles. The molecule has 1 aromatic carbocycles. The molecule has 0 radical (unpaired) electrons. The number of rotatable bonds is 2. The Balaban J connectivity index is 2.31. The molecule has 0 saturated carbocycles. The van der Waals surface area contributed by atoms with Crippen LogP contribution in [0.2, 0.25) is 0 Å². The first-order valence-electron chi connectivity index (χ1n) is 5.08. The quantitative estimate of drug-likeness (QED) is 0.387. The number of nitrogens with zero attached hydrogens (tertiary/aromatic N) is 8. The Hall–Kier alpha value is -2.99. The Morgan fingerprint density at radius 2 is 2.06 bits per heavy atom. The first kappa shape index (κ1) is 10.2. The number of hydrogen-bond donors (Lipinski definition) is 0. The van der Waals surface area contributed by atoms with E-state index in [9.17, 15) is 0 Å². The van der Waals surface area contributed by atoms with E-state index in [0.717, 1.165) is 5.56 Å². The molecular weight excluding hydrogens is 232 g/mol. The monoisotopic (exact) mass is 238 g/mol. The summed E-state index contributed by atoms with van der Waals surface area (Å²) in [5, 5.41) is 18.8. The van der Waals surface area contributed by atoms with Gasteiger partial charge in [0.05, 0.1) is 5.69 Å². The van der Waals surface area contributed by atoms with E-state index in [2.05, 4.69) is 30.7 Å². The van der Waals surface area contributed by atoms with Gasteiger partial charge in [-0.15, -0.1) is 14.8 Å². The second kappa shape index (κ2) is 4.11. The minimum Gasteiger partial charge on any atom is -0.146 e. The second-order valence-electron chi connectivity index (χ2n) is 3.46. The molecule has 3 aromatic rings. The maximum atomic E-state index is 8.59. The predicted molar refractivity (Wildman–Crippen MR) is 62.8 cm³/mol. The number of hydrogen-bond acceptors (Lipinski definition) is 5. The van der Waals surface area contributed by atoms with Gasteiger partial charge in [-0.1, -0.05) is 35.4 Å². The van der Waals surface area contributed by atoms with Gasteiger partial charge in [0.2, 0.25) is 0 Å². The van der Waals surface area contributed by atoms with Gasteiger partial charge in [0, 0.05) is 10.5 Å². The van der Waals surface area contributed by atoms with Crippen LogP contribution in [0, 0.1) is 0 Å². The van der Waals surface area contributed by atoms with E-state index in [0.29, 0.717) is 17.0 Å². The molecule has 2 aromatic heterocycles. The molecular formula is C10H6N8. The average molecular weight is 238 g/mol. The highest BCUT2D eigenvalue weighted by Gasteiger charge is 2.09. The highest BCUT2D eigenvalue weighted by molar-refractivity contribution is 5.73. The van der Waals surface area contributed by atoms with Crippen LogP contribution in [-0.4, -0.2) is 25.3 Å². The summed E-state index contributed by atoms with van der Waals surface area (Å²) in [5.41, 5.74) is 10.8. The molecule has 8 heteroatoms. The van der Waals surface area contributed by atoms with Crippen molar-refractivity contribution in [3.05, 3.63) is 46.8 Å². The van der Waals surface area contributed by atoms with Gasteiger partial charge in [0.15, 0.2) is 5.65 Å². The summed E-state index contributed by atoms with van der Waals surface area (Å²) in [6.45, 7) is 0. The second-order valence-corrected chi connectivity index (χ2v) is 3.46. The van der Waals surface area contributed by atoms with Crippen molar-refractivity contribution in [3.8, 4) is 11.3 Å². The van der Waals surface area contributed by atoms with Gasteiger partial charge in [-0.25, -0.2) is 0 Å². The van der Waals surface area contributed by atoms with Crippen LogP contribution in [0.15, 0.2) is 41.5 Å². The number of fused-ring (bicyclic) bond motifs is 1. The number of benzene rings is 1. The molecule has 0 bridgehead atoms. The minimum atomic E-state index is 0.394. The number of aromatic nitrogens is 5. The van der Waals surface area contributed by atoms with Gasteiger partial charge in [0.25, 0.3) is 0 Å². The molecule has 86 valence electrons. The van der Waals surface area contributed by atoms with Crippen LogP contribution in [0.3, 0.4) is 0 Å². The van der Waals surface area contributed by atoms with Crippen molar-refractivity contribution in [3.63, 3.8) is 0 Å². The zero-order valence-corrected chi connectivity index (χ0v) is 9.04. The van der Waals surface area contributed by atoms with E-state index in [1.54, 1.807) is 6.07 Å². The van der Waals surface area contributed by atoms with Crippen molar-refractivity contribution in [1.29, 1.82) is 0 Å². The van der Waals surface area contributed by atoms with E-state index in [-0.39, 0.29) is 0 Å². The molecule has 18 heavy (non-hydrogen) atoms. The van der Waals surface area contributed by atoms with Gasteiger partial charge < -0.3 is 0 Å². The van der Waals surface area contributed by atoms with Gasteiger partial charge in [-0.2, -0.15) is 0 Å². The molecule has 0 amide bonds. The predicted octanol–water partition coefficient (Wildman–Crippen LogP) is 2.13. The van der Waals surface area contributed by atoms with Crippen molar-refractivity contribution in [2.45, 2.75) is 0 Å². The lowest BCUT2D eigenvalue weighted by Gasteiger charge is -2.03. The normalized spacial score (nSPS) is 10.2. The minimum absolute atomic E-state index is 0.394. The summed E-state index contributed by atoms with van der Waals surface area (Å²) < 4.78 is 1.29. The van der Waals surface area contributed by atoms with E-state index in [1.165, 1.54) is 4.63 Å². The van der Waals surface area contributed by atoms with Crippen molar-refractivity contribution in [1.82, 2.24) is 25.3 Å². The number of azide groups is 1. The summed E-state index contributed by atoms with van der Waals surface area (Å²) in [6.07, 6.45) is 0. The standard InChI is InChI=1S/C10H6N8/c11-15-12-8-6-9-13-16-17-18(9)14-10(8)7-4-2-1-3-5-7/h1-6H. The maximum Gasteiger partial charge on any atom is 0.200 e. The summed E-state index contributed by atoms with van der Waals surface area (Å²) in [5.74, 6) is 0. The SMILES string of the molecule is [N-]=[N+]=Nc1cc2nnnn2nc1-c1ccccc1.